The molecule has 1 aromatic heterocycles. The van der Waals surface area contributed by atoms with E-state index in [1.54, 1.807) is 23.5 Å². The van der Waals surface area contributed by atoms with Crippen LogP contribution in [-0.2, 0) is 13.1 Å². The Morgan fingerprint density at radius 3 is 2.80 bits per heavy atom. The van der Waals surface area contributed by atoms with Gasteiger partial charge in [0.1, 0.15) is 5.82 Å². The second-order valence-corrected chi connectivity index (χ2v) is 5.76. The molecule has 0 saturated heterocycles. The highest BCUT2D eigenvalue weighted by Gasteiger charge is 2.06. The lowest BCUT2D eigenvalue weighted by Crippen LogP contribution is -2.18. The third-order valence-electron chi connectivity index (χ3n) is 3.14. The van der Waals surface area contributed by atoms with Crippen LogP contribution in [0.25, 0.3) is 0 Å². The van der Waals surface area contributed by atoms with Gasteiger partial charge in [-0.2, -0.15) is 11.3 Å². The number of hydrogen-bond donors (Lipinski definition) is 1. The van der Waals surface area contributed by atoms with E-state index in [0.29, 0.717) is 6.54 Å². The van der Waals surface area contributed by atoms with Gasteiger partial charge in [0, 0.05) is 25.8 Å². The Balaban J connectivity index is 2.06. The van der Waals surface area contributed by atoms with Gasteiger partial charge in [0.15, 0.2) is 0 Å². The van der Waals surface area contributed by atoms with Crippen LogP contribution < -0.4 is 10.2 Å². The van der Waals surface area contributed by atoms with Crippen LogP contribution in [0.2, 0.25) is 0 Å². The third-order valence-corrected chi connectivity index (χ3v) is 3.87. The molecule has 2 aromatic rings. The highest BCUT2D eigenvalue weighted by atomic mass is 32.1. The van der Waals surface area contributed by atoms with E-state index in [9.17, 15) is 4.39 Å². The molecule has 2 rings (SSSR count). The number of anilines is 1. The number of nitrogens with zero attached hydrogens (tertiary/aromatic N) is 1. The molecule has 1 heterocycles. The Labute approximate surface area is 124 Å². The number of halogens is 1. The number of thiophene rings is 1. The molecular formula is C16H21FN2S. The van der Waals surface area contributed by atoms with Gasteiger partial charge in [-0.15, -0.1) is 0 Å². The molecule has 0 aliphatic carbocycles. The predicted octanol–water partition coefficient (Wildman–Crippen LogP) is 4.02. The van der Waals surface area contributed by atoms with Gasteiger partial charge in [0.25, 0.3) is 0 Å². The Morgan fingerprint density at radius 2 is 2.10 bits per heavy atom. The molecule has 108 valence electrons. The fourth-order valence-corrected chi connectivity index (χ4v) is 2.77. The van der Waals surface area contributed by atoms with E-state index in [0.717, 1.165) is 30.8 Å². The zero-order chi connectivity index (χ0) is 14.4. The van der Waals surface area contributed by atoms with E-state index >= 15 is 0 Å². The summed E-state index contributed by atoms with van der Waals surface area (Å²) < 4.78 is 13.7. The van der Waals surface area contributed by atoms with Crippen molar-refractivity contribution in [2.75, 3.05) is 18.5 Å². The van der Waals surface area contributed by atoms with Crippen molar-refractivity contribution in [3.63, 3.8) is 0 Å². The summed E-state index contributed by atoms with van der Waals surface area (Å²) >= 11 is 1.69. The normalized spacial score (nSPS) is 10.8. The second kappa shape index (κ2) is 7.41. The molecule has 0 aliphatic rings. The molecule has 0 saturated carbocycles. The van der Waals surface area contributed by atoms with Crippen LogP contribution in [-0.4, -0.2) is 13.6 Å². The predicted molar refractivity (Wildman–Crippen MR) is 84.8 cm³/mol. The standard InChI is InChI=1S/C16H21FN2S/c1-3-5-18-10-14-7-15(17)9-16(8-14)19(2)11-13-4-6-20-12-13/h4,6-9,12,18H,3,5,10-11H2,1-2H3. The largest absolute Gasteiger partial charge is 0.370 e. The molecule has 0 unspecified atom stereocenters. The van der Waals surface area contributed by atoms with Crippen molar-refractivity contribution in [3.05, 3.63) is 52.0 Å². The average molecular weight is 292 g/mol. The first-order valence-electron chi connectivity index (χ1n) is 6.91. The first-order chi connectivity index (χ1) is 9.69. The zero-order valence-corrected chi connectivity index (χ0v) is 12.8. The van der Waals surface area contributed by atoms with Crippen molar-refractivity contribution >= 4 is 17.0 Å². The molecule has 0 aliphatic heterocycles. The lowest BCUT2D eigenvalue weighted by molar-refractivity contribution is 0.618. The molecule has 0 spiro atoms. The van der Waals surface area contributed by atoms with Crippen LogP contribution in [0.5, 0.6) is 0 Å². The monoisotopic (exact) mass is 292 g/mol. The maximum Gasteiger partial charge on any atom is 0.125 e. The first kappa shape index (κ1) is 15.0. The molecule has 20 heavy (non-hydrogen) atoms. The molecule has 0 bridgehead atoms. The van der Waals surface area contributed by atoms with Gasteiger partial charge < -0.3 is 10.2 Å². The van der Waals surface area contributed by atoms with Gasteiger partial charge in [0.05, 0.1) is 0 Å². The summed E-state index contributed by atoms with van der Waals surface area (Å²) in [5.74, 6) is -0.173. The van der Waals surface area contributed by atoms with Crippen LogP contribution in [0, 0.1) is 5.82 Å². The zero-order valence-electron chi connectivity index (χ0n) is 12.0. The van der Waals surface area contributed by atoms with Gasteiger partial charge in [-0.25, -0.2) is 4.39 Å². The smallest absolute Gasteiger partial charge is 0.125 e. The maximum atomic E-state index is 13.7. The van der Waals surface area contributed by atoms with Gasteiger partial charge in [-0.3, -0.25) is 0 Å². The Kier molecular flexibility index (Phi) is 5.56. The minimum Gasteiger partial charge on any atom is -0.370 e. The van der Waals surface area contributed by atoms with Crippen LogP contribution in [0.3, 0.4) is 0 Å². The second-order valence-electron chi connectivity index (χ2n) is 4.98. The van der Waals surface area contributed by atoms with Crippen molar-refractivity contribution in [1.82, 2.24) is 5.32 Å². The first-order valence-corrected chi connectivity index (χ1v) is 7.85. The summed E-state index contributed by atoms with van der Waals surface area (Å²) in [7, 11) is 2.00. The van der Waals surface area contributed by atoms with Crippen molar-refractivity contribution < 1.29 is 4.39 Å². The fourth-order valence-electron chi connectivity index (χ4n) is 2.11. The van der Waals surface area contributed by atoms with Crippen LogP contribution in [0.4, 0.5) is 10.1 Å². The lowest BCUT2D eigenvalue weighted by atomic mass is 10.1. The molecule has 0 radical (unpaired) electrons. The van der Waals surface area contributed by atoms with Crippen LogP contribution >= 0.6 is 11.3 Å². The van der Waals surface area contributed by atoms with E-state index in [2.05, 4.69) is 40.0 Å². The molecule has 0 atom stereocenters. The molecule has 1 aromatic carbocycles. The van der Waals surface area contributed by atoms with Crippen LogP contribution in [0.15, 0.2) is 35.0 Å². The molecule has 1 N–H and O–H groups in total. The third kappa shape index (κ3) is 4.32. The number of benzene rings is 1. The number of hydrogen-bond acceptors (Lipinski definition) is 3. The van der Waals surface area contributed by atoms with Gasteiger partial charge in [0.2, 0.25) is 0 Å². The molecule has 4 heteroatoms. The summed E-state index contributed by atoms with van der Waals surface area (Å²) in [6.07, 6.45) is 1.08. The summed E-state index contributed by atoms with van der Waals surface area (Å²) in [6, 6.07) is 7.35. The summed E-state index contributed by atoms with van der Waals surface area (Å²) in [6.45, 7) is 4.59. The van der Waals surface area contributed by atoms with E-state index in [-0.39, 0.29) is 5.82 Å². The van der Waals surface area contributed by atoms with Crippen molar-refractivity contribution in [2.45, 2.75) is 26.4 Å². The number of rotatable bonds is 7. The SMILES string of the molecule is CCCNCc1cc(F)cc(N(C)Cc2ccsc2)c1. The van der Waals surface area contributed by atoms with Gasteiger partial charge >= 0.3 is 0 Å². The van der Waals surface area contributed by atoms with Crippen LogP contribution in [0.1, 0.15) is 24.5 Å². The lowest BCUT2D eigenvalue weighted by Gasteiger charge is -2.20. The van der Waals surface area contributed by atoms with Crippen molar-refractivity contribution in [1.29, 1.82) is 0 Å². The van der Waals surface area contributed by atoms with Crippen molar-refractivity contribution in [2.24, 2.45) is 0 Å². The average Bonchev–Trinajstić information content (AvgIpc) is 2.91. The minimum absolute atomic E-state index is 0.173. The molecule has 0 amide bonds. The summed E-state index contributed by atoms with van der Waals surface area (Å²) in [4.78, 5) is 2.08. The summed E-state index contributed by atoms with van der Waals surface area (Å²) in [5.41, 5.74) is 3.17. The fraction of sp³-hybridized carbons (Fsp3) is 0.375. The Morgan fingerprint density at radius 1 is 1.25 bits per heavy atom. The molecule has 0 fully saturated rings. The summed E-state index contributed by atoms with van der Waals surface area (Å²) in [5, 5.41) is 7.50. The quantitative estimate of drug-likeness (QED) is 0.775. The topological polar surface area (TPSA) is 15.3 Å². The maximum absolute atomic E-state index is 13.7. The van der Waals surface area contributed by atoms with Gasteiger partial charge in [-0.05, 0) is 59.1 Å². The molecular weight excluding hydrogens is 271 g/mol. The number of nitrogens with one attached hydrogen (secondary N) is 1. The minimum atomic E-state index is -0.173. The highest BCUT2D eigenvalue weighted by Crippen LogP contribution is 2.20. The van der Waals surface area contributed by atoms with Gasteiger partial charge in [-0.1, -0.05) is 6.92 Å². The Hall–Kier alpha value is -1.39. The highest BCUT2D eigenvalue weighted by molar-refractivity contribution is 7.07. The van der Waals surface area contributed by atoms with E-state index in [4.69, 9.17) is 0 Å². The van der Waals surface area contributed by atoms with Crippen molar-refractivity contribution in [3.8, 4) is 0 Å². The molecule has 2 nitrogen and oxygen atoms in total. The Bertz CT molecular complexity index is 525. The van der Waals surface area contributed by atoms with E-state index in [1.165, 1.54) is 5.56 Å². The van der Waals surface area contributed by atoms with E-state index in [1.807, 2.05) is 7.05 Å². The van der Waals surface area contributed by atoms with E-state index < -0.39 is 0 Å².